The molecule has 0 aliphatic carbocycles. The first kappa shape index (κ1) is 20.6. The minimum absolute atomic E-state index is 0.0541. The van der Waals surface area contributed by atoms with Crippen LogP contribution in [0.1, 0.15) is 13.8 Å². The normalized spacial score (nSPS) is 16.9. The third-order valence-corrected chi connectivity index (χ3v) is 6.45. The van der Waals surface area contributed by atoms with E-state index < -0.39 is 15.4 Å². The Bertz CT molecular complexity index is 1290. The molecule has 9 nitrogen and oxygen atoms in total. The van der Waals surface area contributed by atoms with E-state index in [9.17, 15) is 13.2 Å². The van der Waals surface area contributed by atoms with Crippen molar-refractivity contribution in [2.24, 2.45) is 0 Å². The van der Waals surface area contributed by atoms with Crippen LogP contribution >= 0.6 is 11.6 Å². The molecule has 1 amide bonds. The van der Waals surface area contributed by atoms with E-state index in [2.05, 4.69) is 10.1 Å². The number of morpholine rings is 1. The topological polar surface area (TPSA) is 120 Å². The molecule has 11 heteroatoms. The number of hydrogen-bond donors (Lipinski definition) is 1. The van der Waals surface area contributed by atoms with Crippen LogP contribution in [0.15, 0.2) is 35.5 Å². The van der Waals surface area contributed by atoms with Crippen LogP contribution in [0.4, 0.5) is 11.5 Å². The summed E-state index contributed by atoms with van der Waals surface area (Å²) in [6, 6.07) is 6.44. The van der Waals surface area contributed by atoms with Gasteiger partial charge < -0.3 is 15.4 Å². The number of benzene rings is 1. The Labute approximate surface area is 178 Å². The Morgan fingerprint density at radius 3 is 2.70 bits per heavy atom. The number of hydrogen-bond acceptors (Lipinski definition) is 7. The molecule has 0 atom stereocenters. The molecule has 1 fully saturated rings. The molecule has 1 aromatic carbocycles. The summed E-state index contributed by atoms with van der Waals surface area (Å²) >= 11 is 6.33. The minimum atomic E-state index is -3.60. The van der Waals surface area contributed by atoms with Crippen LogP contribution in [0.3, 0.4) is 0 Å². The van der Waals surface area contributed by atoms with E-state index in [0.29, 0.717) is 21.8 Å². The number of ether oxygens (including phenoxy) is 1. The maximum absolute atomic E-state index is 13.0. The summed E-state index contributed by atoms with van der Waals surface area (Å²) in [4.78, 5) is 18.4. The highest BCUT2D eigenvalue weighted by atomic mass is 35.5. The van der Waals surface area contributed by atoms with Crippen molar-refractivity contribution < 1.29 is 17.9 Å². The Morgan fingerprint density at radius 1 is 1.27 bits per heavy atom. The summed E-state index contributed by atoms with van der Waals surface area (Å²) in [5, 5.41) is 4.57. The second-order valence-corrected chi connectivity index (χ2v) is 9.94. The van der Waals surface area contributed by atoms with Gasteiger partial charge in [-0.05, 0) is 32.0 Å². The van der Waals surface area contributed by atoms with E-state index in [4.69, 9.17) is 22.1 Å². The molecule has 158 valence electrons. The molecule has 0 unspecified atom stereocenters. The Kier molecular flexibility index (Phi) is 4.75. The molecule has 3 aromatic rings. The lowest BCUT2D eigenvalue weighted by Gasteiger charge is -2.37. The van der Waals surface area contributed by atoms with Crippen molar-refractivity contribution in [1.29, 1.82) is 0 Å². The van der Waals surface area contributed by atoms with Gasteiger partial charge in [-0.15, -0.1) is 0 Å². The van der Waals surface area contributed by atoms with Crippen LogP contribution < -0.4 is 10.6 Å². The molecule has 4 rings (SSSR count). The molecule has 1 aliphatic heterocycles. The summed E-state index contributed by atoms with van der Waals surface area (Å²) in [6.07, 6.45) is 2.42. The number of rotatable bonds is 3. The van der Waals surface area contributed by atoms with E-state index >= 15 is 0 Å². The van der Waals surface area contributed by atoms with Crippen molar-refractivity contribution in [3.63, 3.8) is 0 Å². The van der Waals surface area contributed by atoms with Crippen LogP contribution in [0.2, 0.25) is 5.02 Å². The molecule has 30 heavy (non-hydrogen) atoms. The van der Waals surface area contributed by atoms with Crippen LogP contribution in [0, 0.1) is 0 Å². The number of nitrogens with zero attached hydrogens (tertiary/aromatic N) is 4. The summed E-state index contributed by atoms with van der Waals surface area (Å²) < 4.78 is 32.0. The van der Waals surface area contributed by atoms with Gasteiger partial charge in [-0.25, -0.2) is 17.9 Å². The van der Waals surface area contributed by atoms with Crippen LogP contribution in [-0.4, -0.2) is 53.9 Å². The molecule has 1 saturated heterocycles. The Balaban J connectivity index is 1.95. The minimum Gasteiger partial charge on any atom is -0.382 e. The lowest BCUT2D eigenvalue weighted by Crippen LogP contribution is -2.54. The molecule has 0 bridgehead atoms. The fourth-order valence-corrected chi connectivity index (χ4v) is 4.68. The first-order valence-corrected chi connectivity index (χ1v) is 11.4. The van der Waals surface area contributed by atoms with Gasteiger partial charge in [0.2, 0.25) is 0 Å². The molecule has 0 saturated carbocycles. The smallest absolute Gasteiger partial charge is 0.258 e. The van der Waals surface area contributed by atoms with Gasteiger partial charge in [-0.1, -0.05) is 17.7 Å². The zero-order valence-corrected chi connectivity index (χ0v) is 18.2. The van der Waals surface area contributed by atoms with E-state index in [1.807, 2.05) is 0 Å². The number of aromatic nitrogens is 3. The fraction of sp³-hybridized carbons (Fsp3) is 0.316. The standard InChI is InChI=1S/C19H20ClN5O4S/c1-19(2)18(26)24(6-7-29-19)14-8-11(4-5-15(14)30(3,27)28)13-9-12(20)16-17(21)22-10-23-25(13)16/h4-5,8-10H,6-7H2,1-3H3,(H2,21,22,23). The molecule has 2 N–H and O–H groups in total. The van der Waals surface area contributed by atoms with Crippen LogP contribution in [0.25, 0.3) is 16.8 Å². The monoisotopic (exact) mass is 449 g/mol. The zero-order valence-electron chi connectivity index (χ0n) is 16.6. The first-order valence-electron chi connectivity index (χ1n) is 9.09. The van der Waals surface area contributed by atoms with Crippen molar-refractivity contribution in [1.82, 2.24) is 14.6 Å². The number of fused-ring (bicyclic) bond motifs is 1. The average Bonchev–Trinajstić information content (AvgIpc) is 3.01. The quantitative estimate of drug-likeness (QED) is 0.650. The second kappa shape index (κ2) is 6.93. The first-order chi connectivity index (χ1) is 14.0. The summed E-state index contributed by atoms with van der Waals surface area (Å²) in [7, 11) is -3.60. The third-order valence-electron chi connectivity index (χ3n) is 5.02. The summed E-state index contributed by atoms with van der Waals surface area (Å²) in [5.74, 6) is -0.0974. The number of amides is 1. The predicted molar refractivity (Wildman–Crippen MR) is 113 cm³/mol. The van der Waals surface area contributed by atoms with Crippen molar-refractivity contribution >= 4 is 44.4 Å². The summed E-state index contributed by atoms with van der Waals surface area (Å²) in [6.45, 7) is 3.84. The lowest BCUT2D eigenvalue weighted by atomic mass is 10.0. The largest absolute Gasteiger partial charge is 0.382 e. The van der Waals surface area contributed by atoms with Gasteiger partial charge >= 0.3 is 0 Å². The number of anilines is 2. The highest BCUT2D eigenvalue weighted by Crippen LogP contribution is 2.36. The number of sulfone groups is 1. The molecule has 0 radical (unpaired) electrons. The molecule has 0 spiro atoms. The molecular weight excluding hydrogens is 430 g/mol. The Hall–Kier alpha value is -2.69. The van der Waals surface area contributed by atoms with Crippen molar-refractivity contribution in [2.45, 2.75) is 24.3 Å². The van der Waals surface area contributed by atoms with Gasteiger partial charge in [0.15, 0.2) is 15.7 Å². The van der Waals surface area contributed by atoms with Crippen LogP contribution in [0.5, 0.6) is 0 Å². The predicted octanol–water partition coefficient (Wildman–Crippen LogP) is 2.18. The van der Waals surface area contributed by atoms with E-state index in [1.165, 1.54) is 21.8 Å². The number of carbonyl (C=O) groups excluding carboxylic acids is 1. The zero-order chi connectivity index (χ0) is 21.8. The Morgan fingerprint density at radius 2 is 2.00 bits per heavy atom. The van der Waals surface area contributed by atoms with Crippen molar-refractivity contribution in [2.75, 3.05) is 30.0 Å². The van der Waals surface area contributed by atoms with Gasteiger partial charge in [0, 0.05) is 18.4 Å². The van der Waals surface area contributed by atoms with Gasteiger partial charge in [-0.2, -0.15) is 5.10 Å². The average molecular weight is 450 g/mol. The second-order valence-electron chi connectivity index (χ2n) is 7.55. The summed E-state index contributed by atoms with van der Waals surface area (Å²) in [5.41, 5.74) is 6.80. The maximum atomic E-state index is 13.0. The van der Waals surface area contributed by atoms with E-state index in [-0.39, 0.29) is 35.5 Å². The van der Waals surface area contributed by atoms with Crippen molar-refractivity contribution in [3.8, 4) is 11.3 Å². The van der Waals surface area contributed by atoms with Gasteiger partial charge in [0.25, 0.3) is 5.91 Å². The molecule has 2 aromatic heterocycles. The van der Waals surface area contributed by atoms with E-state index in [1.54, 1.807) is 32.0 Å². The SMILES string of the molecule is CC1(C)OCCN(c2cc(-c3cc(Cl)c4c(N)ncnn34)ccc2S(C)(=O)=O)C1=O. The molecular formula is C19H20ClN5O4S. The third kappa shape index (κ3) is 3.30. The molecule has 3 heterocycles. The fourth-order valence-electron chi connectivity index (χ4n) is 3.54. The van der Waals surface area contributed by atoms with Gasteiger partial charge in [0.1, 0.15) is 17.4 Å². The number of carbonyl (C=O) groups is 1. The van der Waals surface area contributed by atoms with E-state index in [0.717, 1.165) is 6.26 Å². The maximum Gasteiger partial charge on any atom is 0.258 e. The number of nitrogen functional groups attached to an aromatic ring is 1. The number of nitrogens with two attached hydrogens (primary N) is 1. The highest BCUT2D eigenvalue weighted by Gasteiger charge is 2.39. The highest BCUT2D eigenvalue weighted by molar-refractivity contribution is 7.90. The lowest BCUT2D eigenvalue weighted by molar-refractivity contribution is -0.144. The number of halogens is 1. The van der Waals surface area contributed by atoms with Crippen LogP contribution in [-0.2, 0) is 19.4 Å². The molecule has 1 aliphatic rings. The van der Waals surface area contributed by atoms with Gasteiger partial charge in [-0.3, -0.25) is 4.79 Å². The van der Waals surface area contributed by atoms with Gasteiger partial charge in [0.05, 0.1) is 27.9 Å². The van der Waals surface area contributed by atoms with Crippen molar-refractivity contribution in [3.05, 3.63) is 35.6 Å².